The van der Waals surface area contributed by atoms with Gasteiger partial charge in [-0.25, -0.2) is 0 Å². The molecule has 0 bridgehead atoms. The van der Waals surface area contributed by atoms with Crippen LogP contribution in [-0.2, 0) is 9.53 Å². The predicted molar refractivity (Wildman–Crippen MR) is 72.6 cm³/mol. The highest BCUT2D eigenvalue weighted by atomic mass is 16.5. The first-order valence-corrected chi connectivity index (χ1v) is 6.86. The first-order chi connectivity index (χ1) is 8.56. The molecule has 1 fully saturated rings. The fourth-order valence-corrected chi connectivity index (χ4v) is 2.04. The van der Waals surface area contributed by atoms with Crippen molar-refractivity contribution in [2.24, 2.45) is 0 Å². The maximum Gasteiger partial charge on any atom is 0.234 e. The molecule has 0 unspecified atom stereocenters. The lowest BCUT2D eigenvalue weighted by molar-refractivity contribution is -0.121. The fourth-order valence-electron chi connectivity index (χ4n) is 2.04. The van der Waals surface area contributed by atoms with E-state index in [0.717, 1.165) is 39.3 Å². The highest BCUT2D eigenvalue weighted by molar-refractivity contribution is 5.78. The van der Waals surface area contributed by atoms with Crippen molar-refractivity contribution in [2.75, 3.05) is 45.9 Å². The summed E-state index contributed by atoms with van der Waals surface area (Å²) in [5.74, 6) is 0.0739. The molecule has 18 heavy (non-hydrogen) atoms. The maximum atomic E-state index is 11.6. The summed E-state index contributed by atoms with van der Waals surface area (Å²) in [6.07, 6.45) is 1.05. The number of nitrogens with one attached hydrogen (secondary N) is 2. The zero-order valence-corrected chi connectivity index (χ0v) is 11.9. The summed E-state index contributed by atoms with van der Waals surface area (Å²) in [6, 6.07) is 0. The SMILES string of the molecule is CCCNCC(=O)NCC(C)(C)N1CCOCC1. The minimum absolute atomic E-state index is 0.00973. The van der Waals surface area contributed by atoms with Gasteiger partial charge in [-0.1, -0.05) is 6.92 Å². The molecule has 1 saturated heterocycles. The van der Waals surface area contributed by atoms with Crippen LogP contribution >= 0.6 is 0 Å². The number of hydrogen-bond acceptors (Lipinski definition) is 4. The molecule has 0 aromatic rings. The van der Waals surface area contributed by atoms with Crippen LogP contribution in [0.25, 0.3) is 0 Å². The van der Waals surface area contributed by atoms with E-state index in [-0.39, 0.29) is 11.4 Å². The Morgan fingerprint density at radius 1 is 1.33 bits per heavy atom. The van der Waals surface area contributed by atoms with Gasteiger partial charge in [0, 0.05) is 25.2 Å². The highest BCUT2D eigenvalue weighted by Crippen LogP contribution is 2.14. The maximum absolute atomic E-state index is 11.6. The van der Waals surface area contributed by atoms with Gasteiger partial charge in [0.25, 0.3) is 0 Å². The largest absolute Gasteiger partial charge is 0.379 e. The number of ether oxygens (including phenoxy) is 1. The Morgan fingerprint density at radius 2 is 2.00 bits per heavy atom. The molecule has 1 aliphatic rings. The minimum atomic E-state index is -0.00973. The Bertz CT molecular complexity index is 251. The van der Waals surface area contributed by atoms with E-state index in [2.05, 4.69) is 36.3 Å². The molecule has 0 aliphatic carbocycles. The lowest BCUT2D eigenvalue weighted by Gasteiger charge is -2.40. The second-order valence-electron chi connectivity index (χ2n) is 5.37. The predicted octanol–water partition coefficient (Wildman–Crippen LogP) is 0.213. The zero-order chi connectivity index (χ0) is 13.4. The van der Waals surface area contributed by atoms with Crippen LogP contribution in [0.5, 0.6) is 0 Å². The molecule has 0 aromatic carbocycles. The van der Waals surface area contributed by atoms with E-state index in [9.17, 15) is 4.79 Å². The molecule has 106 valence electrons. The number of carbonyl (C=O) groups excluding carboxylic acids is 1. The van der Waals surface area contributed by atoms with Gasteiger partial charge in [0.05, 0.1) is 19.8 Å². The van der Waals surface area contributed by atoms with E-state index in [1.54, 1.807) is 0 Å². The van der Waals surface area contributed by atoms with Crippen molar-refractivity contribution < 1.29 is 9.53 Å². The first kappa shape index (κ1) is 15.4. The molecule has 0 aromatic heterocycles. The number of carbonyl (C=O) groups is 1. The van der Waals surface area contributed by atoms with Crippen LogP contribution in [0.3, 0.4) is 0 Å². The quantitative estimate of drug-likeness (QED) is 0.640. The average molecular weight is 257 g/mol. The van der Waals surface area contributed by atoms with Gasteiger partial charge in [0.15, 0.2) is 0 Å². The van der Waals surface area contributed by atoms with E-state index in [1.807, 2.05) is 0 Å². The Labute approximate surface area is 110 Å². The number of morpholine rings is 1. The second-order valence-corrected chi connectivity index (χ2v) is 5.37. The summed E-state index contributed by atoms with van der Waals surface area (Å²) in [6.45, 7) is 11.9. The number of rotatable bonds is 7. The topological polar surface area (TPSA) is 53.6 Å². The third-order valence-electron chi connectivity index (χ3n) is 3.30. The number of amides is 1. The van der Waals surface area contributed by atoms with Crippen LogP contribution < -0.4 is 10.6 Å². The molecule has 1 amide bonds. The van der Waals surface area contributed by atoms with Crippen LogP contribution in [0.15, 0.2) is 0 Å². The summed E-state index contributed by atoms with van der Waals surface area (Å²) in [7, 11) is 0. The first-order valence-electron chi connectivity index (χ1n) is 6.86. The van der Waals surface area contributed by atoms with Gasteiger partial charge in [-0.2, -0.15) is 0 Å². The molecule has 1 heterocycles. The smallest absolute Gasteiger partial charge is 0.234 e. The van der Waals surface area contributed by atoms with Gasteiger partial charge in [-0.15, -0.1) is 0 Å². The van der Waals surface area contributed by atoms with Gasteiger partial charge in [-0.05, 0) is 26.8 Å². The van der Waals surface area contributed by atoms with Crippen molar-refractivity contribution >= 4 is 5.91 Å². The molecule has 2 N–H and O–H groups in total. The van der Waals surface area contributed by atoms with Crippen molar-refractivity contribution in [1.29, 1.82) is 0 Å². The summed E-state index contributed by atoms with van der Waals surface area (Å²) in [4.78, 5) is 14.0. The third kappa shape index (κ3) is 5.33. The van der Waals surface area contributed by atoms with E-state index < -0.39 is 0 Å². The summed E-state index contributed by atoms with van der Waals surface area (Å²) < 4.78 is 5.35. The zero-order valence-electron chi connectivity index (χ0n) is 11.9. The van der Waals surface area contributed by atoms with E-state index in [0.29, 0.717) is 13.1 Å². The molecule has 0 spiro atoms. The molecule has 0 saturated carbocycles. The highest BCUT2D eigenvalue weighted by Gasteiger charge is 2.28. The third-order valence-corrected chi connectivity index (χ3v) is 3.30. The van der Waals surface area contributed by atoms with E-state index in [4.69, 9.17) is 4.74 Å². The average Bonchev–Trinajstić information content (AvgIpc) is 2.38. The van der Waals surface area contributed by atoms with Gasteiger partial charge < -0.3 is 15.4 Å². The van der Waals surface area contributed by atoms with E-state index >= 15 is 0 Å². The lowest BCUT2D eigenvalue weighted by atomic mass is 10.0. The Kier molecular flexibility index (Phi) is 6.60. The summed E-state index contributed by atoms with van der Waals surface area (Å²) in [5, 5.41) is 6.10. The van der Waals surface area contributed by atoms with Gasteiger partial charge in [-0.3, -0.25) is 9.69 Å². The number of nitrogens with zero attached hydrogens (tertiary/aromatic N) is 1. The molecule has 0 radical (unpaired) electrons. The van der Waals surface area contributed by atoms with Crippen molar-refractivity contribution in [3.63, 3.8) is 0 Å². The molecule has 5 nitrogen and oxygen atoms in total. The molecule has 5 heteroatoms. The molecule has 1 aliphatic heterocycles. The van der Waals surface area contributed by atoms with E-state index in [1.165, 1.54) is 0 Å². The van der Waals surface area contributed by atoms with Gasteiger partial charge in [0.1, 0.15) is 0 Å². The van der Waals surface area contributed by atoms with Crippen LogP contribution in [0, 0.1) is 0 Å². The lowest BCUT2D eigenvalue weighted by Crippen LogP contribution is -2.56. The van der Waals surface area contributed by atoms with Crippen molar-refractivity contribution in [3.8, 4) is 0 Å². The van der Waals surface area contributed by atoms with Crippen LogP contribution in [0.1, 0.15) is 27.2 Å². The minimum Gasteiger partial charge on any atom is -0.379 e. The Balaban J connectivity index is 2.24. The summed E-state index contributed by atoms with van der Waals surface area (Å²) in [5.41, 5.74) is -0.00973. The van der Waals surface area contributed by atoms with Crippen molar-refractivity contribution in [1.82, 2.24) is 15.5 Å². The van der Waals surface area contributed by atoms with Crippen LogP contribution in [-0.4, -0.2) is 62.3 Å². The molecule has 0 atom stereocenters. The van der Waals surface area contributed by atoms with Gasteiger partial charge in [0.2, 0.25) is 5.91 Å². The fraction of sp³-hybridized carbons (Fsp3) is 0.923. The second kappa shape index (κ2) is 7.71. The Hall–Kier alpha value is -0.650. The summed E-state index contributed by atoms with van der Waals surface area (Å²) >= 11 is 0. The Morgan fingerprint density at radius 3 is 2.61 bits per heavy atom. The molecular weight excluding hydrogens is 230 g/mol. The van der Waals surface area contributed by atoms with Crippen LogP contribution in [0.4, 0.5) is 0 Å². The standard InChI is InChI=1S/C13H27N3O2/c1-4-5-14-10-12(17)15-11-13(2,3)16-6-8-18-9-7-16/h14H,4-11H2,1-3H3,(H,15,17). The van der Waals surface area contributed by atoms with Gasteiger partial charge >= 0.3 is 0 Å². The monoisotopic (exact) mass is 257 g/mol. The van der Waals surface area contributed by atoms with Crippen LogP contribution in [0.2, 0.25) is 0 Å². The number of hydrogen-bond donors (Lipinski definition) is 2. The van der Waals surface area contributed by atoms with Crippen molar-refractivity contribution in [2.45, 2.75) is 32.7 Å². The normalized spacial score (nSPS) is 17.7. The molecule has 1 rings (SSSR count). The molecular formula is C13H27N3O2. The van der Waals surface area contributed by atoms with Crippen molar-refractivity contribution in [3.05, 3.63) is 0 Å².